The first-order valence-electron chi connectivity index (χ1n) is 11.9. The van der Waals surface area contributed by atoms with E-state index in [4.69, 9.17) is 22.6 Å². The average molecular weight is 526 g/mol. The molecule has 2 aliphatic heterocycles. The van der Waals surface area contributed by atoms with Gasteiger partial charge in [0.1, 0.15) is 11.7 Å². The molecule has 3 amide bonds. The largest absolute Gasteiger partial charge is 0.368 e. The van der Waals surface area contributed by atoms with Crippen molar-refractivity contribution in [3.05, 3.63) is 75.9 Å². The smallest absolute Gasteiger partial charge is 0.255 e. The van der Waals surface area contributed by atoms with Gasteiger partial charge in [-0.05, 0) is 47.9 Å². The lowest BCUT2D eigenvalue weighted by atomic mass is 10.0. The van der Waals surface area contributed by atoms with E-state index in [1.54, 1.807) is 24.3 Å². The predicted molar refractivity (Wildman–Crippen MR) is 139 cm³/mol. The van der Waals surface area contributed by atoms with Gasteiger partial charge in [0, 0.05) is 42.2 Å². The number of halogens is 1. The minimum absolute atomic E-state index is 0.0901. The Labute approximate surface area is 221 Å². The Morgan fingerprint density at radius 2 is 1.92 bits per heavy atom. The molecule has 1 saturated heterocycles. The molecule has 2 aromatic heterocycles. The lowest BCUT2D eigenvalue weighted by Crippen LogP contribution is -2.52. The summed E-state index contributed by atoms with van der Waals surface area (Å²) in [6.45, 7) is 0.761. The van der Waals surface area contributed by atoms with Gasteiger partial charge < -0.3 is 15.2 Å². The predicted octanol–water partition coefficient (Wildman–Crippen LogP) is 3.01. The van der Waals surface area contributed by atoms with Gasteiger partial charge in [-0.2, -0.15) is 10.2 Å². The van der Waals surface area contributed by atoms with Crippen LogP contribution in [0.1, 0.15) is 39.9 Å². The van der Waals surface area contributed by atoms with Crippen molar-refractivity contribution in [1.82, 2.24) is 24.8 Å². The molecule has 2 aromatic carbocycles. The van der Waals surface area contributed by atoms with Gasteiger partial charge in [0.15, 0.2) is 0 Å². The van der Waals surface area contributed by atoms with E-state index >= 15 is 0 Å². The molecule has 0 radical (unpaired) electrons. The molecule has 10 nitrogen and oxygen atoms in total. The lowest BCUT2D eigenvalue weighted by Gasteiger charge is -2.29. The van der Waals surface area contributed by atoms with Crippen LogP contribution in [-0.2, 0) is 22.7 Å². The second-order valence-electron chi connectivity index (χ2n) is 9.31. The van der Waals surface area contributed by atoms with Crippen LogP contribution in [0.3, 0.4) is 0 Å². The van der Waals surface area contributed by atoms with Crippen molar-refractivity contribution in [1.29, 1.82) is 5.26 Å². The van der Waals surface area contributed by atoms with Crippen molar-refractivity contribution in [2.24, 2.45) is 0 Å². The van der Waals surface area contributed by atoms with E-state index in [9.17, 15) is 14.4 Å². The Bertz CT molecular complexity index is 1720. The highest BCUT2D eigenvalue weighted by Crippen LogP contribution is 2.34. The summed E-state index contributed by atoms with van der Waals surface area (Å²) in [5, 5.41) is 12.6. The summed E-state index contributed by atoms with van der Waals surface area (Å²) in [7, 11) is 0. The highest BCUT2D eigenvalue weighted by Gasteiger charge is 2.39. The van der Waals surface area contributed by atoms with Crippen LogP contribution in [0.4, 0.5) is 5.95 Å². The van der Waals surface area contributed by atoms with E-state index < -0.39 is 11.9 Å². The van der Waals surface area contributed by atoms with Gasteiger partial charge in [0.05, 0.1) is 22.3 Å². The molecular formula is C27H20ClN7O3. The fraction of sp³-hybridized carbons (Fsp3) is 0.185. The molecule has 4 aromatic rings. The molecule has 2 aliphatic rings. The monoisotopic (exact) mass is 525 g/mol. The van der Waals surface area contributed by atoms with Crippen LogP contribution in [-0.4, -0.2) is 43.2 Å². The molecule has 1 unspecified atom stereocenters. The van der Waals surface area contributed by atoms with E-state index in [1.165, 1.54) is 4.90 Å². The minimum atomic E-state index is -0.656. The average Bonchev–Trinajstić information content (AvgIpc) is 3.44. The molecule has 0 bridgehead atoms. The number of nitrogen functional groups attached to an aromatic ring is 1. The van der Waals surface area contributed by atoms with Crippen LogP contribution in [0.25, 0.3) is 22.3 Å². The van der Waals surface area contributed by atoms with E-state index in [2.05, 4.69) is 21.4 Å². The number of nitrogens with two attached hydrogens (primary N) is 1. The second kappa shape index (κ2) is 8.97. The molecular weight excluding hydrogens is 506 g/mol. The van der Waals surface area contributed by atoms with Crippen LogP contribution in [0.5, 0.6) is 0 Å². The molecule has 6 rings (SSSR count). The molecule has 3 N–H and O–H groups in total. The quantitative estimate of drug-likeness (QED) is 0.389. The highest BCUT2D eigenvalue weighted by atomic mass is 35.5. The maximum absolute atomic E-state index is 13.0. The first kappa shape index (κ1) is 23.6. The van der Waals surface area contributed by atoms with Crippen LogP contribution in [0.2, 0.25) is 5.02 Å². The Morgan fingerprint density at radius 1 is 1.11 bits per heavy atom. The van der Waals surface area contributed by atoms with E-state index in [0.29, 0.717) is 52.6 Å². The van der Waals surface area contributed by atoms with Gasteiger partial charge in [-0.15, -0.1) is 0 Å². The first-order chi connectivity index (χ1) is 18.3. The summed E-state index contributed by atoms with van der Waals surface area (Å²) in [6.07, 6.45) is 2.41. The van der Waals surface area contributed by atoms with Crippen molar-refractivity contribution in [2.75, 3.05) is 5.73 Å². The number of hydrogen-bond acceptors (Lipinski definition) is 7. The number of benzene rings is 2. The Hall–Kier alpha value is -4.75. The maximum Gasteiger partial charge on any atom is 0.255 e. The third-order valence-corrected chi connectivity index (χ3v) is 7.24. The van der Waals surface area contributed by atoms with Gasteiger partial charge in [0.25, 0.3) is 5.91 Å². The van der Waals surface area contributed by atoms with Crippen LogP contribution in [0, 0.1) is 11.3 Å². The second-order valence-corrected chi connectivity index (χ2v) is 9.72. The van der Waals surface area contributed by atoms with Gasteiger partial charge in [-0.25, -0.2) is 4.98 Å². The number of nitriles is 1. The zero-order valence-electron chi connectivity index (χ0n) is 19.9. The van der Waals surface area contributed by atoms with E-state index in [1.807, 2.05) is 29.0 Å². The van der Waals surface area contributed by atoms with Gasteiger partial charge in [-0.3, -0.25) is 19.7 Å². The zero-order chi connectivity index (χ0) is 26.6. The first-order valence-corrected chi connectivity index (χ1v) is 12.3. The number of nitrogens with one attached hydrogen (secondary N) is 1. The summed E-state index contributed by atoms with van der Waals surface area (Å²) >= 11 is 6.45. The molecule has 0 spiro atoms. The molecule has 188 valence electrons. The van der Waals surface area contributed by atoms with E-state index in [-0.39, 0.29) is 24.2 Å². The molecule has 38 heavy (non-hydrogen) atoms. The number of fused-ring (bicyclic) bond motifs is 2. The molecule has 4 heterocycles. The summed E-state index contributed by atoms with van der Waals surface area (Å²) < 4.78 is 1.94. The summed E-state index contributed by atoms with van der Waals surface area (Å²) in [5.41, 5.74) is 10.7. The SMILES string of the molecule is N#Cc1ccc(-c2nc(N)nc3c2ccn3Cc2ccc3c(c2)CN(C2CCC(=O)NC2=O)C3=O)c(Cl)c1. The summed E-state index contributed by atoms with van der Waals surface area (Å²) in [6, 6.07) is 13.9. The zero-order valence-corrected chi connectivity index (χ0v) is 20.7. The minimum Gasteiger partial charge on any atom is -0.368 e. The number of amides is 3. The third-order valence-electron chi connectivity index (χ3n) is 6.93. The number of hydrogen-bond donors (Lipinski definition) is 2. The van der Waals surface area contributed by atoms with Gasteiger partial charge in [-0.1, -0.05) is 23.7 Å². The maximum atomic E-state index is 13.0. The van der Waals surface area contributed by atoms with Crippen LogP contribution in [0.15, 0.2) is 48.7 Å². The number of carbonyl (C=O) groups is 3. The molecule has 0 aliphatic carbocycles. The number of anilines is 1. The third kappa shape index (κ3) is 3.93. The molecule has 1 fully saturated rings. The Morgan fingerprint density at radius 3 is 2.68 bits per heavy atom. The van der Waals surface area contributed by atoms with Gasteiger partial charge in [0.2, 0.25) is 17.8 Å². The molecule has 0 saturated carbocycles. The Kier molecular flexibility index (Phi) is 5.58. The van der Waals surface area contributed by atoms with Crippen molar-refractivity contribution < 1.29 is 14.4 Å². The number of nitrogens with zero attached hydrogens (tertiary/aromatic N) is 5. The van der Waals surface area contributed by atoms with Crippen molar-refractivity contribution in [3.8, 4) is 17.3 Å². The van der Waals surface area contributed by atoms with Gasteiger partial charge >= 0.3 is 0 Å². The lowest BCUT2D eigenvalue weighted by molar-refractivity contribution is -0.136. The number of aromatic nitrogens is 3. The van der Waals surface area contributed by atoms with Crippen molar-refractivity contribution >= 4 is 46.3 Å². The number of piperidine rings is 1. The number of carbonyl (C=O) groups excluding carboxylic acids is 3. The van der Waals surface area contributed by atoms with Crippen molar-refractivity contribution in [2.45, 2.75) is 32.0 Å². The summed E-state index contributed by atoms with van der Waals surface area (Å²) in [5.74, 6) is -0.869. The number of rotatable bonds is 4. The Balaban J connectivity index is 1.30. The summed E-state index contributed by atoms with van der Waals surface area (Å²) in [4.78, 5) is 47.2. The number of imide groups is 1. The van der Waals surface area contributed by atoms with E-state index in [0.717, 1.165) is 16.5 Å². The fourth-order valence-electron chi connectivity index (χ4n) is 5.11. The standard InChI is InChI=1S/C27H20ClN7O3/c28-20-10-14(11-29)1-4-18(20)23-19-7-8-34(24(19)33-27(30)32-23)12-15-2-3-17-16(9-15)13-35(26(17)38)21-5-6-22(36)31-25(21)37/h1-4,7-10,21H,5-6,12-13H2,(H2,30,32,33)(H,31,36,37). The molecule has 1 atom stereocenters. The fourth-order valence-corrected chi connectivity index (χ4v) is 5.38. The topological polar surface area (TPSA) is 147 Å². The highest BCUT2D eigenvalue weighted by molar-refractivity contribution is 6.33. The normalized spacial score (nSPS) is 17.0. The van der Waals surface area contributed by atoms with Crippen LogP contribution >= 0.6 is 11.6 Å². The molecule has 11 heteroatoms. The van der Waals surface area contributed by atoms with Crippen LogP contribution < -0.4 is 11.1 Å². The van der Waals surface area contributed by atoms with Crippen molar-refractivity contribution in [3.63, 3.8) is 0 Å².